The van der Waals surface area contributed by atoms with E-state index < -0.39 is 0 Å². The van der Waals surface area contributed by atoms with Gasteiger partial charge >= 0.3 is 6.03 Å². The van der Waals surface area contributed by atoms with E-state index in [0.29, 0.717) is 18.7 Å². The number of aromatic hydroxyl groups is 1. The molecule has 1 aromatic rings. The quantitative estimate of drug-likeness (QED) is 0.887. The predicted molar refractivity (Wildman–Crippen MR) is 80.3 cm³/mol. The maximum absolute atomic E-state index is 12.2. The molecule has 1 unspecified atom stereocenters. The number of phenolic OH excluding ortho intramolecular Hbond substituents is 1. The Morgan fingerprint density at radius 1 is 1.38 bits per heavy atom. The van der Waals surface area contributed by atoms with Crippen molar-refractivity contribution in [3.63, 3.8) is 0 Å². The number of likely N-dealkylation sites (tertiary alicyclic amines) is 1. The van der Waals surface area contributed by atoms with Gasteiger partial charge in [0.2, 0.25) is 5.91 Å². The van der Waals surface area contributed by atoms with E-state index in [4.69, 9.17) is 0 Å². The molecule has 1 atom stereocenters. The first-order valence-electron chi connectivity index (χ1n) is 7.01. The molecule has 1 aromatic carbocycles. The lowest BCUT2D eigenvalue weighted by Gasteiger charge is -2.23. The molecule has 3 amide bonds. The van der Waals surface area contributed by atoms with Gasteiger partial charge in [-0.05, 0) is 38.1 Å². The fourth-order valence-corrected chi connectivity index (χ4v) is 2.39. The van der Waals surface area contributed by atoms with E-state index in [2.05, 4.69) is 5.32 Å². The highest BCUT2D eigenvalue weighted by atomic mass is 16.3. The number of anilines is 1. The van der Waals surface area contributed by atoms with Gasteiger partial charge in [0.15, 0.2) is 0 Å². The number of urea groups is 1. The Labute approximate surface area is 124 Å². The summed E-state index contributed by atoms with van der Waals surface area (Å²) in [7, 11) is 1.65. The topological polar surface area (TPSA) is 72.9 Å². The summed E-state index contributed by atoms with van der Waals surface area (Å²) in [6, 6.07) is 6.10. The molecule has 1 fully saturated rings. The fourth-order valence-electron chi connectivity index (χ4n) is 2.39. The van der Waals surface area contributed by atoms with E-state index in [9.17, 15) is 14.7 Å². The van der Waals surface area contributed by atoms with Crippen molar-refractivity contribution >= 4 is 17.6 Å². The summed E-state index contributed by atoms with van der Waals surface area (Å²) in [5, 5.41) is 12.1. The van der Waals surface area contributed by atoms with Gasteiger partial charge in [-0.15, -0.1) is 0 Å². The number of hydrogen-bond donors (Lipinski definition) is 2. The predicted octanol–water partition coefficient (Wildman–Crippen LogP) is 1.55. The molecule has 0 radical (unpaired) electrons. The van der Waals surface area contributed by atoms with Gasteiger partial charge in [-0.25, -0.2) is 4.79 Å². The molecule has 114 valence electrons. The molecule has 1 saturated heterocycles. The minimum Gasteiger partial charge on any atom is -0.508 e. The van der Waals surface area contributed by atoms with Crippen LogP contribution in [0.3, 0.4) is 0 Å². The molecular formula is C15H21N3O3. The summed E-state index contributed by atoms with van der Waals surface area (Å²) in [6.07, 6.45) is 0.341. The van der Waals surface area contributed by atoms with Gasteiger partial charge in [-0.2, -0.15) is 0 Å². The summed E-state index contributed by atoms with van der Waals surface area (Å²) < 4.78 is 0. The average molecular weight is 291 g/mol. The molecule has 0 spiro atoms. The van der Waals surface area contributed by atoms with Gasteiger partial charge in [-0.3, -0.25) is 9.69 Å². The van der Waals surface area contributed by atoms with Crippen LogP contribution in [0.25, 0.3) is 0 Å². The van der Waals surface area contributed by atoms with Crippen molar-refractivity contribution in [2.24, 2.45) is 0 Å². The van der Waals surface area contributed by atoms with Crippen LogP contribution in [0, 0.1) is 0 Å². The Kier molecular flexibility index (Phi) is 4.35. The van der Waals surface area contributed by atoms with Crippen LogP contribution < -0.4 is 10.2 Å². The number of carbonyl (C=O) groups excluding carboxylic acids is 2. The van der Waals surface area contributed by atoms with Crippen molar-refractivity contribution in [3.05, 3.63) is 24.3 Å². The maximum Gasteiger partial charge on any atom is 0.321 e. The maximum atomic E-state index is 12.2. The third-order valence-corrected chi connectivity index (χ3v) is 3.65. The molecule has 1 aliphatic heterocycles. The van der Waals surface area contributed by atoms with E-state index in [1.54, 1.807) is 24.1 Å². The Morgan fingerprint density at radius 3 is 2.52 bits per heavy atom. The van der Waals surface area contributed by atoms with Crippen molar-refractivity contribution in [3.8, 4) is 5.75 Å². The SMILES string of the molecule is CC(C)N1CC(NC(=O)N(C)c2ccc(O)cc2)CC1=O. The minimum atomic E-state index is -0.260. The molecule has 0 aliphatic carbocycles. The molecule has 6 heteroatoms. The van der Waals surface area contributed by atoms with E-state index >= 15 is 0 Å². The summed E-state index contributed by atoms with van der Waals surface area (Å²) in [6.45, 7) is 4.47. The van der Waals surface area contributed by atoms with Gasteiger partial charge in [0.1, 0.15) is 5.75 Å². The van der Waals surface area contributed by atoms with Crippen LogP contribution in [-0.4, -0.2) is 47.6 Å². The third-order valence-electron chi connectivity index (χ3n) is 3.65. The van der Waals surface area contributed by atoms with Crippen LogP contribution in [-0.2, 0) is 4.79 Å². The second-order valence-corrected chi connectivity index (χ2v) is 5.57. The van der Waals surface area contributed by atoms with Gasteiger partial charge in [-0.1, -0.05) is 0 Å². The summed E-state index contributed by atoms with van der Waals surface area (Å²) in [4.78, 5) is 27.2. The van der Waals surface area contributed by atoms with Crippen LogP contribution in [0.2, 0.25) is 0 Å². The summed E-state index contributed by atoms with van der Waals surface area (Å²) in [5.41, 5.74) is 0.676. The molecular weight excluding hydrogens is 270 g/mol. The zero-order valence-corrected chi connectivity index (χ0v) is 12.5. The largest absolute Gasteiger partial charge is 0.508 e. The highest BCUT2D eigenvalue weighted by Crippen LogP contribution is 2.18. The lowest BCUT2D eigenvalue weighted by atomic mass is 10.2. The lowest BCUT2D eigenvalue weighted by molar-refractivity contribution is -0.129. The Morgan fingerprint density at radius 2 is 2.00 bits per heavy atom. The smallest absolute Gasteiger partial charge is 0.321 e. The molecule has 2 rings (SSSR count). The van der Waals surface area contributed by atoms with Crippen molar-refractivity contribution in [1.29, 1.82) is 0 Å². The lowest BCUT2D eigenvalue weighted by Crippen LogP contribution is -2.44. The van der Waals surface area contributed by atoms with Crippen LogP contribution in [0.4, 0.5) is 10.5 Å². The Hall–Kier alpha value is -2.24. The highest BCUT2D eigenvalue weighted by molar-refractivity contribution is 5.92. The second-order valence-electron chi connectivity index (χ2n) is 5.57. The van der Waals surface area contributed by atoms with Gasteiger partial charge in [0, 0.05) is 31.7 Å². The number of benzene rings is 1. The zero-order valence-electron chi connectivity index (χ0n) is 12.5. The monoisotopic (exact) mass is 291 g/mol. The number of phenols is 1. The zero-order chi connectivity index (χ0) is 15.6. The van der Waals surface area contributed by atoms with E-state index in [1.165, 1.54) is 17.0 Å². The standard InChI is InChI=1S/C15H21N3O3/c1-10(2)18-9-11(8-14(18)20)16-15(21)17(3)12-4-6-13(19)7-5-12/h4-7,10-11,19H,8-9H2,1-3H3,(H,16,21). The molecule has 21 heavy (non-hydrogen) atoms. The van der Waals surface area contributed by atoms with Gasteiger partial charge in [0.25, 0.3) is 0 Å². The molecule has 0 saturated carbocycles. The van der Waals surface area contributed by atoms with Crippen LogP contribution in [0.15, 0.2) is 24.3 Å². The number of hydrogen-bond acceptors (Lipinski definition) is 3. The first kappa shape index (κ1) is 15.2. The van der Waals surface area contributed by atoms with Crippen molar-refractivity contribution in [2.45, 2.75) is 32.4 Å². The number of carbonyl (C=O) groups is 2. The van der Waals surface area contributed by atoms with E-state index in [0.717, 1.165) is 0 Å². The number of nitrogens with one attached hydrogen (secondary N) is 1. The van der Waals surface area contributed by atoms with Crippen LogP contribution in [0.5, 0.6) is 5.75 Å². The fraction of sp³-hybridized carbons (Fsp3) is 0.467. The van der Waals surface area contributed by atoms with Gasteiger partial charge < -0.3 is 15.3 Å². The first-order valence-corrected chi connectivity index (χ1v) is 7.01. The van der Waals surface area contributed by atoms with Crippen molar-refractivity contribution in [2.75, 3.05) is 18.5 Å². The highest BCUT2D eigenvalue weighted by Gasteiger charge is 2.32. The summed E-state index contributed by atoms with van der Waals surface area (Å²) in [5.74, 6) is 0.226. The van der Waals surface area contributed by atoms with Gasteiger partial charge in [0.05, 0.1) is 6.04 Å². The Bertz CT molecular complexity index is 527. The molecule has 6 nitrogen and oxygen atoms in total. The molecule has 1 aliphatic rings. The first-order chi connectivity index (χ1) is 9.88. The van der Waals surface area contributed by atoms with E-state index in [-0.39, 0.29) is 29.8 Å². The molecule has 1 heterocycles. The normalized spacial score (nSPS) is 18.2. The molecule has 0 aromatic heterocycles. The van der Waals surface area contributed by atoms with Crippen molar-refractivity contribution in [1.82, 2.24) is 10.2 Å². The summed E-state index contributed by atoms with van der Waals surface area (Å²) >= 11 is 0. The second kappa shape index (κ2) is 6.03. The van der Waals surface area contributed by atoms with Crippen molar-refractivity contribution < 1.29 is 14.7 Å². The van der Waals surface area contributed by atoms with Crippen LogP contribution >= 0.6 is 0 Å². The van der Waals surface area contributed by atoms with E-state index in [1.807, 2.05) is 13.8 Å². The molecule has 2 N–H and O–H groups in total. The number of nitrogens with zero attached hydrogens (tertiary/aromatic N) is 2. The molecule has 0 bridgehead atoms. The Balaban J connectivity index is 1.96. The average Bonchev–Trinajstić information content (AvgIpc) is 2.79. The number of rotatable bonds is 3. The van der Waals surface area contributed by atoms with Crippen LogP contribution in [0.1, 0.15) is 20.3 Å². The minimum absolute atomic E-state index is 0.0718. The number of amides is 3. The third kappa shape index (κ3) is 3.45.